The number of hydrogen-bond donors (Lipinski definition) is 1. The van der Waals surface area contributed by atoms with Gasteiger partial charge in [0, 0.05) is 5.69 Å². The fraction of sp³-hybridized carbons (Fsp3) is 0.118. The molecule has 0 aliphatic rings. The molecule has 0 atom stereocenters. The minimum Gasteiger partial charge on any atom is -0.496 e. The lowest BCUT2D eigenvalue weighted by Crippen LogP contribution is -2.13. The molecule has 1 amide bonds. The number of benzene rings is 2. The molecule has 25 heavy (non-hydrogen) atoms. The van der Waals surface area contributed by atoms with E-state index in [4.69, 9.17) is 9.15 Å². The molecule has 0 saturated heterocycles. The van der Waals surface area contributed by atoms with Gasteiger partial charge in [0.1, 0.15) is 11.6 Å². The summed E-state index contributed by atoms with van der Waals surface area (Å²) in [6.07, 6.45) is 0. The lowest BCUT2D eigenvalue weighted by Gasteiger charge is -2.04. The van der Waals surface area contributed by atoms with Gasteiger partial charge in [0.05, 0.1) is 18.4 Å². The minimum absolute atomic E-state index is 0.0882. The third kappa shape index (κ3) is 4.36. The standard InChI is InChI=1S/C17H14FN3O3S/c1-23-14-5-3-2-4-13(14)16-20-21-17(24-16)25-10-15(22)19-12-8-6-11(18)7-9-12/h2-9H,10H2,1H3,(H,19,22). The fourth-order valence-corrected chi connectivity index (χ4v) is 2.62. The van der Waals surface area contributed by atoms with Gasteiger partial charge in [0.2, 0.25) is 5.91 Å². The number of halogens is 1. The number of anilines is 1. The number of thioether (sulfide) groups is 1. The van der Waals surface area contributed by atoms with Crippen molar-refractivity contribution in [1.29, 1.82) is 0 Å². The van der Waals surface area contributed by atoms with Crippen LogP contribution in [-0.2, 0) is 4.79 Å². The molecule has 6 nitrogen and oxygen atoms in total. The molecule has 128 valence electrons. The van der Waals surface area contributed by atoms with Crippen molar-refractivity contribution in [3.63, 3.8) is 0 Å². The fourth-order valence-electron chi connectivity index (χ4n) is 2.06. The van der Waals surface area contributed by atoms with Crippen LogP contribution in [-0.4, -0.2) is 29.0 Å². The Morgan fingerprint density at radius 1 is 1.20 bits per heavy atom. The van der Waals surface area contributed by atoms with Gasteiger partial charge >= 0.3 is 0 Å². The van der Waals surface area contributed by atoms with Crippen LogP contribution < -0.4 is 10.1 Å². The van der Waals surface area contributed by atoms with E-state index in [0.717, 1.165) is 11.8 Å². The molecule has 0 radical (unpaired) electrons. The maximum atomic E-state index is 12.8. The summed E-state index contributed by atoms with van der Waals surface area (Å²) in [5.74, 6) is 0.414. The zero-order valence-electron chi connectivity index (χ0n) is 13.2. The topological polar surface area (TPSA) is 77.2 Å². The van der Waals surface area contributed by atoms with Crippen molar-refractivity contribution in [2.45, 2.75) is 5.22 Å². The average molecular weight is 359 g/mol. The van der Waals surface area contributed by atoms with Crippen molar-refractivity contribution in [3.05, 3.63) is 54.3 Å². The van der Waals surface area contributed by atoms with Crippen molar-refractivity contribution in [2.24, 2.45) is 0 Å². The molecule has 0 aliphatic carbocycles. The molecule has 2 aromatic carbocycles. The lowest BCUT2D eigenvalue weighted by atomic mass is 10.2. The number of carbonyl (C=O) groups is 1. The largest absolute Gasteiger partial charge is 0.496 e. The molecule has 0 fully saturated rings. The predicted molar refractivity (Wildman–Crippen MR) is 92.0 cm³/mol. The van der Waals surface area contributed by atoms with Gasteiger partial charge in [-0.05, 0) is 36.4 Å². The maximum Gasteiger partial charge on any atom is 0.277 e. The Hall–Kier alpha value is -2.87. The lowest BCUT2D eigenvalue weighted by molar-refractivity contribution is -0.113. The quantitative estimate of drug-likeness (QED) is 0.678. The third-order valence-corrected chi connectivity index (χ3v) is 4.02. The van der Waals surface area contributed by atoms with E-state index in [1.165, 1.54) is 24.3 Å². The van der Waals surface area contributed by atoms with Gasteiger partial charge in [0.15, 0.2) is 0 Å². The van der Waals surface area contributed by atoms with Crippen molar-refractivity contribution < 1.29 is 18.3 Å². The Kier molecular flexibility index (Phi) is 5.30. The molecular formula is C17H14FN3O3S. The van der Waals surface area contributed by atoms with Crippen LogP contribution in [0.2, 0.25) is 0 Å². The number of nitrogens with zero attached hydrogens (tertiary/aromatic N) is 2. The number of para-hydroxylation sites is 1. The zero-order valence-corrected chi connectivity index (χ0v) is 14.0. The number of methoxy groups -OCH3 is 1. The van der Waals surface area contributed by atoms with E-state index in [0.29, 0.717) is 22.9 Å². The second-order valence-corrected chi connectivity index (χ2v) is 5.84. The number of ether oxygens (including phenoxy) is 1. The molecule has 0 unspecified atom stereocenters. The molecule has 3 aromatic rings. The second kappa shape index (κ2) is 7.80. The monoisotopic (exact) mass is 359 g/mol. The highest BCUT2D eigenvalue weighted by molar-refractivity contribution is 7.99. The van der Waals surface area contributed by atoms with Gasteiger partial charge in [0.25, 0.3) is 11.1 Å². The van der Waals surface area contributed by atoms with Crippen LogP contribution in [0.5, 0.6) is 5.75 Å². The predicted octanol–water partition coefficient (Wildman–Crippen LogP) is 3.62. The highest BCUT2D eigenvalue weighted by atomic mass is 32.2. The molecule has 0 bridgehead atoms. The number of amides is 1. The highest BCUT2D eigenvalue weighted by Gasteiger charge is 2.14. The van der Waals surface area contributed by atoms with Crippen molar-refractivity contribution >= 4 is 23.4 Å². The number of aromatic nitrogens is 2. The van der Waals surface area contributed by atoms with E-state index in [1.807, 2.05) is 18.2 Å². The SMILES string of the molecule is COc1ccccc1-c1nnc(SCC(=O)Nc2ccc(F)cc2)o1. The maximum absolute atomic E-state index is 12.8. The van der Waals surface area contributed by atoms with E-state index in [-0.39, 0.29) is 22.7 Å². The molecule has 1 heterocycles. The van der Waals surface area contributed by atoms with Crippen molar-refractivity contribution in [3.8, 4) is 17.2 Å². The number of rotatable bonds is 6. The van der Waals surface area contributed by atoms with Gasteiger partial charge in [-0.25, -0.2) is 4.39 Å². The van der Waals surface area contributed by atoms with Crippen molar-refractivity contribution in [1.82, 2.24) is 10.2 Å². The Labute approximate surface area is 147 Å². The summed E-state index contributed by atoms with van der Waals surface area (Å²) in [5.41, 5.74) is 1.20. The average Bonchev–Trinajstić information content (AvgIpc) is 3.11. The molecule has 0 spiro atoms. The van der Waals surface area contributed by atoms with E-state index < -0.39 is 0 Å². The van der Waals surface area contributed by atoms with Crippen molar-refractivity contribution in [2.75, 3.05) is 18.2 Å². The smallest absolute Gasteiger partial charge is 0.277 e. The third-order valence-electron chi connectivity index (χ3n) is 3.20. The summed E-state index contributed by atoms with van der Waals surface area (Å²) >= 11 is 1.11. The van der Waals surface area contributed by atoms with Gasteiger partial charge in [-0.3, -0.25) is 4.79 Å². The summed E-state index contributed by atoms with van der Waals surface area (Å²) in [6.45, 7) is 0. The Morgan fingerprint density at radius 2 is 1.96 bits per heavy atom. The van der Waals surface area contributed by atoms with Gasteiger partial charge in [-0.2, -0.15) is 0 Å². The van der Waals surface area contributed by atoms with Crippen LogP contribution in [0.4, 0.5) is 10.1 Å². The van der Waals surface area contributed by atoms with E-state index in [1.54, 1.807) is 13.2 Å². The van der Waals surface area contributed by atoms with Crippen LogP contribution >= 0.6 is 11.8 Å². The van der Waals surface area contributed by atoms with E-state index in [2.05, 4.69) is 15.5 Å². The molecular weight excluding hydrogens is 345 g/mol. The Bertz CT molecular complexity index is 868. The van der Waals surface area contributed by atoms with E-state index in [9.17, 15) is 9.18 Å². The summed E-state index contributed by atoms with van der Waals surface area (Å²) in [6, 6.07) is 12.8. The van der Waals surface area contributed by atoms with Gasteiger partial charge in [-0.1, -0.05) is 23.9 Å². The summed E-state index contributed by atoms with van der Waals surface area (Å²) in [5, 5.41) is 10.8. The van der Waals surface area contributed by atoms with Crippen LogP contribution in [0.3, 0.4) is 0 Å². The first-order chi connectivity index (χ1) is 12.2. The molecule has 8 heteroatoms. The highest BCUT2D eigenvalue weighted by Crippen LogP contribution is 2.30. The first-order valence-electron chi connectivity index (χ1n) is 7.31. The normalized spacial score (nSPS) is 10.5. The van der Waals surface area contributed by atoms with Gasteiger partial charge in [-0.15, -0.1) is 10.2 Å². The van der Waals surface area contributed by atoms with Crippen LogP contribution in [0, 0.1) is 5.82 Å². The zero-order chi connectivity index (χ0) is 17.6. The van der Waals surface area contributed by atoms with Crippen LogP contribution in [0.25, 0.3) is 11.5 Å². The number of nitrogens with one attached hydrogen (secondary N) is 1. The molecule has 1 aromatic heterocycles. The summed E-state index contributed by atoms with van der Waals surface area (Å²) in [4.78, 5) is 11.9. The van der Waals surface area contributed by atoms with Gasteiger partial charge < -0.3 is 14.5 Å². The second-order valence-electron chi connectivity index (χ2n) is 4.92. The Balaban J connectivity index is 1.60. The van der Waals surface area contributed by atoms with Crippen LogP contribution in [0.1, 0.15) is 0 Å². The van der Waals surface area contributed by atoms with Crippen LogP contribution in [0.15, 0.2) is 58.2 Å². The molecule has 3 rings (SSSR count). The number of carbonyl (C=O) groups excluding carboxylic acids is 1. The number of hydrogen-bond acceptors (Lipinski definition) is 6. The summed E-state index contributed by atoms with van der Waals surface area (Å²) in [7, 11) is 1.56. The first kappa shape index (κ1) is 17.0. The minimum atomic E-state index is -0.359. The van der Waals surface area contributed by atoms with E-state index >= 15 is 0 Å². The molecule has 1 N–H and O–H groups in total. The first-order valence-corrected chi connectivity index (χ1v) is 8.29. The molecule has 0 saturated carbocycles. The summed E-state index contributed by atoms with van der Waals surface area (Å²) < 4.78 is 23.7. The Morgan fingerprint density at radius 3 is 2.72 bits per heavy atom. The molecule has 0 aliphatic heterocycles.